The number of rotatable bonds is 7. The Balaban J connectivity index is 1.99. The molecular weight excluding hydrogens is 352 g/mol. The fraction of sp³-hybridized carbons (Fsp3) is 0.368. The lowest BCUT2D eigenvalue weighted by atomic mass is 9.98. The Bertz CT molecular complexity index is 836. The van der Waals surface area contributed by atoms with E-state index in [0.29, 0.717) is 6.54 Å². The molecule has 0 saturated heterocycles. The number of furan rings is 1. The summed E-state index contributed by atoms with van der Waals surface area (Å²) < 4.78 is 5.21. The molecule has 2 aromatic rings. The number of ketones is 1. The molecule has 3 heterocycles. The molecule has 1 atom stereocenters. The number of aryl methyl sites for hydroxylation is 1. The summed E-state index contributed by atoms with van der Waals surface area (Å²) in [5.41, 5.74) is 1.09. The zero-order chi connectivity index (χ0) is 18.8. The van der Waals surface area contributed by atoms with Crippen LogP contribution in [0.2, 0.25) is 0 Å². The van der Waals surface area contributed by atoms with Crippen LogP contribution in [0.25, 0.3) is 0 Å². The maximum absolute atomic E-state index is 12.9. The molecule has 2 aromatic heterocycles. The quantitative estimate of drug-likeness (QED) is 0.754. The summed E-state index contributed by atoms with van der Waals surface area (Å²) in [6.07, 6.45) is 2.15. The van der Waals surface area contributed by atoms with Gasteiger partial charge in [0.25, 0.3) is 5.91 Å². The molecule has 6 nitrogen and oxygen atoms in total. The summed E-state index contributed by atoms with van der Waals surface area (Å²) in [7, 11) is 3.93. The first-order valence-corrected chi connectivity index (χ1v) is 9.30. The number of aliphatic hydroxyl groups excluding tert-OH is 1. The minimum absolute atomic E-state index is 0.0975. The molecule has 0 bridgehead atoms. The fourth-order valence-electron chi connectivity index (χ4n) is 3.15. The van der Waals surface area contributed by atoms with Gasteiger partial charge in [-0.3, -0.25) is 9.59 Å². The van der Waals surface area contributed by atoms with Crippen LogP contribution < -0.4 is 0 Å². The number of carbonyl (C=O) groups is 2. The van der Waals surface area contributed by atoms with Crippen LogP contribution >= 0.6 is 11.3 Å². The normalized spacial score (nSPS) is 17.6. The zero-order valence-corrected chi connectivity index (χ0v) is 15.9. The largest absolute Gasteiger partial charge is 0.503 e. The fourth-order valence-corrected chi connectivity index (χ4v) is 4.20. The topological polar surface area (TPSA) is 74.0 Å². The Morgan fingerprint density at radius 3 is 2.73 bits per heavy atom. The monoisotopic (exact) mass is 374 g/mol. The molecule has 3 rings (SSSR count). The van der Waals surface area contributed by atoms with Crippen LogP contribution in [-0.4, -0.2) is 53.8 Å². The molecule has 1 unspecified atom stereocenters. The third-order valence-electron chi connectivity index (χ3n) is 4.45. The second-order valence-electron chi connectivity index (χ2n) is 6.59. The average Bonchev–Trinajstić information content (AvgIpc) is 3.31. The van der Waals surface area contributed by atoms with E-state index in [0.717, 1.165) is 23.4 Å². The van der Waals surface area contributed by atoms with Gasteiger partial charge in [-0.15, -0.1) is 11.3 Å². The summed E-state index contributed by atoms with van der Waals surface area (Å²) in [6.45, 7) is 3.21. The number of aliphatic hydroxyl groups is 1. The van der Waals surface area contributed by atoms with Gasteiger partial charge in [0.15, 0.2) is 11.5 Å². The number of hydrogen-bond acceptors (Lipinski definition) is 6. The number of thiophene rings is 1. The maximum atomic E-state index is 12.9. The summed E-state index contributed by atoms with van der Waals surface area (Å²) in [5, 5.41) is 12.4. The predicted molar refractivity (Wildman–Crippen MR) is 99.4 cm³/mol. The van der Waals surface area contributed by atoms with Crippen molar-refractivity contribution >= 4 is 23.0 Å². The first-order chi connectivity index (χ1) is 12.4. The first-order valence-electron chi connectivity index (χ1n) is 8.42. The van der Waals surface area contributed by atoms with E-state index in [1.807, 2.05) is 37.4 Å². The summed E-state index contributed by atoms with van der Waals surface area (Å²) >= 11 is 1.48. The van der Waals surface area contributed by atoms with Gasteiger partial charge in [-0.25, -0.2) is 0 Å². The van der Waals surface area contributed by atoms with E-state index in [-0.39, 0.29) is 11.3 Å². The van der Waals surface area contributed by atoms with Gasteiger partial charge in [-0.1, -0.05) is 0 Å². The third kappa shape index (κ3) is 3.32. The predicted octanol–water partition coefficient (Wildman–Crippen LogP) is 3.18. The molecule has 0 aliphatic carbocycles. The standard InChI is InChI=1S/C19H22N2O4S/c1-12-7-11-26-18(12)15-14(16(22)13-6-4-10-25-13)17(23)19(24)21(15)9-5-8-20(2)3/h4,6-7,10-11,15,23H,5,8-9H2,1-3H3. The highest BCUT2D eigenvalue weighted by atomic mass is 32.1. The van der Waals surface area contributed by atoms with E-state index >= 15 is 0 Å². The molecule has 1 N–H and O–H groups in total. The number of hydrogen-bond donors (Lipinski definition) is 1. The van der Waals surface area contributed by atoms with Gasteiger partial charge < -0.3 is 19.3 Å². The molecule has 0 aromatic carbocycles. The van der Waals surface area contributed by atoms with Crippen molar-refractivity contribution < 1.29 is 19.1 Å². The van der Waals surface area contributed by atoms with E-state index < -0.39 is 23.5 Å². The molecule has 1 amide bonds. The highest BCUT2D eigenvalue weighted by Crippen LogP contribution is 2.42. The number of carbonyl (C=O) groups excluding carboxylic acids is 2. The van der Waals surface area contributed by atoms with Crippen molar-refractivity contribution in [2.24, 2.45) is 0 Å². The lowest BCUT2D eigenvalue weighted by Crippen LogP contribution is -2.33. The smallest absolute Gasteiger partial charge is 0.290 e. The van der Waals surface area contributed by atoms with E-state index in [9.17, 15) is 14.7 Å². The molecule has 0 spiro atoms. The molecule has 1 aliphatic rings. The molecule has 0 fully saturated rings. The second-order valence-corrected chi connectivity index (χ2v) is 7.54. The number of amides is 1. The van der Waals surface area contributed by atoms with Crippen molar-refractivity contribution in [2.75, 3.05) is 27.2 Å². The Labute approximate surface area is 156 Å². The van der Waals surface area contributed by atoms with Crippen molar-refractivity contribution in [3.63, 3.8) is 0 Å². The van der Waals surface area contributed by atoms with Gasteiger partial charge in [-0.2, -0.15) is 0 Å². The van der Waals surface area contributed by atoms with Crippen molar-refractivity contribution in [3.8, 4) is 0 Å². The molecule has 26 heavy (non-hydrogen) atoms. The molecule has 1 aliphatic heterocycles. The van der Waals surface area contributed by atoms with Crippen LogP contribution in [0.4, 0.5) is 0 Å². The van der Waals surface area contributed by atoms with Crippen molar-refractivity contribution in [1.82, 2.24) is 9.80 Å². The van der Waals surface area contributed by atoms with Gasteiger partial charge in [-0.05, 0) is 63.1 Å². The van der Waals surface area contributed by atoms with Crippen molar-refractivity contribution in [1.29, 1.82) is 0 Å². The molecule has 0 radical (unpaired) electrons. The Morgan fingerprint density at radius 1 is 1.38 bits per heavy atom. The minimum atomic E-state index is -0.581. The third-order valence-corrected chi connectivity index (χ3v) is 5.52. The van der Waals surface area contributed by atoms with E-state index in [2.05, 4.69) is 0 Å². The molecular formula is C19H22N2O4S. The number of Topliss-reactive ketones (excluding diaryl/α,β-unsaturated/α-hetero) is 1. The highest BCUT2D eigenvalue weighted by molar-refractivity contribution is 7.10. The van der Waals surface area contributed by atoms with Crippen LogP contribution in [0, 0.1) is 6.92 Å². The highest BCUT2D eigenvalue weighted by Gasteiger charge is 2.45. The van der Waals surface area contributed by atoms with Gasteiger partial charge in [0, 0.05) is 11.4 Å². The van der Waals surface area contributed by atoms with Crippen LogP contribution in [0.3, 0.4) is 0 Å². The van der Waals surface area contributed by atoms with Gasteiger partial charge >= 0.3 is 0 Å². The van der Waals surface area contributed by atoms with Crippen LogP contribution in [0.5, 0.6) is 0 Å². The van der Waals surface area contributed by atoms with Gasteiger partial charge in [0.2, 0.25) is 5.78 Å². The summed E-state index contributed by atoms with van der Waals surface area (Å²) in [5.74, 6) is -1.31. The van der Waals surface area contributed by atoms with Crippen molar-refractivity contribution in [2.45, 2.75) is 19.4 Å². The molecule has 7 heteroatoms. The summed E-state index contributed by atoms with van der Waals surface area (Å²) in [4.78, 5) is 30.1. The van der Waals surface area contributed by atoms with Crippen LogP contribution in [0.1, 0.15) is 33.5 Å². The van der Waals surface area contributed by atoms with Crippen LogP contribution in [-0.2, 0) is 4.79 Å². The molecule has 0 saturated carbocycles. The zero-order valence-electron chi connectivity index (χ0n) is 15.1. The molecule has 138 valence electrons. The lowest BCUT2D eigenvalue weighted by molar-refractivity contribution is -0.129. The Kier molecular flexibility index (Phi) is 5.29. The van der Waals surface area contributed by atoms with Crippen molar-refractivity contribution in [3.05, 3.63) is 57.4 Å². The SMILES string of the molecule is Cc1ccsc1C1C(C(=O)c2ccco2)=C(O)C(=O)N1CCCN(C)C. The van der Waals surface area contributed by atoms with E-state index in [4.69, 9.17) is 4.42 Å². The van der Waals surface area contributed by atoms with Crippen LogP contribution in [0.15, 0.2) is 45.6 Å². The van der Waals surface area contributed by atoms with Gasteiger partial charge in [0.1, 0.15) is 0 Å². The second kappa shape index (κ2) is 7.47. The first kappa shape index (κ1) is 18.4. The number of nitrogens with zero attached hydrogens (tertiary/aromatic N) is 2. The van der Waals surface area contributed by atoms with Gasteiger partial charge in [0.05, 0.1) is 17.9 Å². The maximum Gasteiger partial charge on any atom is 0.290 e. The minimum Gasteiger partial charge on any atom is -0.503 e. The Morgan fingerprint density at radius 2 is 2.15 bits per heavy atom. The summed E-state index contributed by atoms with van der Waals surface area (Å²) in [6, 6.07) is 4.52. The Hall–Kier alpha value is -2.38. The average molecular weight is 374 g/mol. The lowest BCUT2D eigenvalue weighted by Gasteiger charge is -2.26. The van der Waals surface area contributed by atoms with E-state index in [1.165, 1.54) is 17.6 Å². The van der Waals surface area contributed by atoms with E-state index in [1.54, 1.807) is 17.0 Å².